The summed E-state index contributed by atoms with van der Waals surface area (Å²) < 4.78 is 5.01. The van der Waals surface area contributed by atoms with Crippen molar-refractivity contribution in [1.82, 2.24) is 5.32 Å². The highest BCUT2D eigenvalue weighted by Gasteiger charge is 2.52. The number of ether oxygens (including phenoxy) is 1. The van der Waals surface area contributed by atoms with Crippen molar-refractivity contribution in [1.29, 1.82) is 0 Å². The van der Waals surface area contributed by atoms with E-state index in [1.54, 1.807) is 13.0 Å². The fourth-order valence-corrected chi connectivity index (χ4v) is 2.83. The number of nitrogens with two attached hydrogens (primary N) is 1. The van der Waals surface area contributed by atoms with Gasteiger partial charge in [-0.25, -0.2) is 0 Å². The highest BCUT2D eigenvalue weighted by molar-refractivity contribution is 5.95. The summed E-state index contributed by atoms with van der Waals surface area (Å²) in [6.45, 7) is 6.92. The second kappa shape index (κ2) is 6.54. The highest BCUT2D eigenvalue weighted by Crippen LogP contribution is 2.38. The normalized spacial score (nSPS) is 29.3. The maximum Gasteiger partial charge on any atom is 0.311 e. The zero-order valence-electron chi connectivity index (χ0n) is 12.0. The van der Waals surface area contributed by atoms with Crippen LogP contribution in [0.25, 0.3) is 0 Å². The van der Waals surface area contributed by atoms with E-state index in [-0.39, 0.29) is 18.9 Å². The zero-order chi connectivity index (χ0) is 15.3. The number of rotatable bonds is 5. The van der Waals surface area contributed by atoms with E-state index >= 15 is 0 Å². The van der Waals surface area contributed by atoms with Gasteiger partial charge in [0.15, 0.2) is 0 Å². The van der Waals surface area contributed by atoms with Gasteiger partial charge in [0.25, 0.3) is 0 Å². The summed E-state index contributed by atoms with van der Waals surface area (Å²) in [6.07, 6.45) is 3.14. The lowest BCUT2D eigenvalue weighted by Gasteiger charge is -2.43. The third kappa shape index (κ3) is 3.18. The van der Waals surface area contributed by atoms with Gasteiger partial charge < -0.3 is 15.8 Å². The average molecular weight is 282 g/mol. The Morgan fingerprint density at radius 3 is 2.55 bits per heavy atom. The van der Waals surface area contributed by atoms with Crippen LogP contribution in [-0.4, -0.2) is 29.9 Å². The Morgan fingerprint density at radius 1 is 1.45 bits per heavy atom. The van der Waals surface area contributed by atoms with Crippen LogP contribution in [-0.2, 0) is 19.1 Å². The molecule has 1 fully saturated rings. The van der Waals surface area contributed by atoms with E-state index in [0.29, 0.717) is 12.8 Å². The van der Waals surface area contributed by atoms with Gasteiger partial charge in [-0.3, -0.25) is 14.4 Å². The van der Waals surface area contributed by atoms with E-state index in [4.69, 9.17) is 10.5 Å². The molecule has 1 aliphatic rings. The van der Waals surface area contributed by atoms with Crippen LogP contribution in [0, 0.1) is 11.8 Å². The number of hydrogen-bond acceptors (Lipinski definition) is 4. The quantitative estimate of drug-likeness (QED) is 0.567. The predicted molar refractivity (Wildman–Crippen MR) is 73.4 cm³/mol. The maximum atomic E-state index is 12.1. The molecule has 0 aromatic rings. The smallest absolute Gasteiger partial charge is 0.311 e. The molecule has 0 unspecified atom stereocenters. The Hall–Kier alpha value is -1.85. The number of carbonyl (C=O) groups excluding carboxylic acids is 3. The third-order valence-electron chi connectivity index (χ3n) is 3.75. The maximum absolute atomic E-state index is 12.1. The second-order valence-electron chi connectivity index (χ2n) is 5.10. The third-order valence-corrected chi connectivity index (χ3v) is 3.75. The second-order valence-corrected chi connectivity index (χ2v) is 5.10. The van der Waals surface area contributed by atoms with Crippen molar-refractivity contribution < 1.29 is 19.1 Å². The Kier molecular flexibility index (Phi) is 5.30. The summed E-state index contributed by atoms with van der Waals surface area (Å²) in [7, 11) is 0. The van der Waals surface area contributed by atoms with E-state index in [2.05, 4.69) is 11.9 Å². The first-order chi connectivity index (χ1) is 9.37. The van der Waals surface area contributed by atoms with Crippen LogP contribution in [0.2, 0.25) is 0 Å². The largest absolute Gasteiger partial charge is 0.466 e. The van der Waals surface area contributed by atoms with Crippen LogP contribution in [0.1, 0.15) is 33.1 Å². The van der Waals surface area contributed by atoms with Crippen molar-refractivity contribution in [2.75, 3.05) is 6.61 Å². The van der Waals surface area contributed by atoms with Gasteiger partial charge in [0, 0.05) is 6.92 Å². The van der Waals surface area contributed by atoms with Gasteiger partial charge in [0.1, 0.15) is 5.54 Å². The first kappa shape index (κ1) is 16.2. The van der Waals surface area contributed by atoms with Gasteiger partial charge in [-0.05, 0) is 32.1 Å². The van der Waals surface area contributed by atoms with Crippen molar-refractivity contribution in [2.24, 2.45) is 17.6 Å². The fraction of sp³-hybridized carbons (Fsp3) is 0.643. The summed E-state index contributed by atoms with van der Waals surface area (Å²) in [4.78, 5) is 35.5. The Morgan fingerprint density at radius 2 is 2.10 bits per heavy atom. The minimum absolute atomic E-state index is 0.0278. The van der Waals surface area contributed by atoms with Crippen molar-refractivity contribution in [3.8, 4) is 0 Å². The molecule has 20 heavy (non-hydrogen) atoms. The minimum atomic E-state index is -1.39. The molecule has 2 amide bonds. The van der Waals surface area contributed by atoms with Gasteiger partial charge in [-0.1, -0.05) is 6.08 Å². The van der Waals surface area contributed by atoms with Gasteiger partial charge in [-0.15, -0.1) is 6.58 Å². The Bertz CT molecular complexity index is 421. The number of esters is 1. The molecule has 1 saturated carbocycles. The van der Waals surface area contributed by atoms with Gasteiger partial charge in [0.05, 0.1) is 12.5 Å². The lowest BCUT2D eigenvalue weighted by atomic mass is 9.67. The molecule has 1 aliphatic carbocycles. The first-order valence-corrected chi connectivity index (χ1v) is 6.75. The molecule has 6 nitrogen and oxygen atoms in total. The van der Waals surface area contributed by atoms with Gasteiger partial charge >= 0.3 is 5.97 Å². The molecule has 0 aromatic carbocycles. The molecule has 0 aromatic heterocycles. The monoisotopic (exact) mass is 282 g/mol. The summed E-state index contributed by atoms with van der Waals surface area (Å²) >= 11 is 0. The van der Waals surface area contributed by atoms with Crippen molar-refractivity contribution in [3.63, 3.8) is 0 Å². The lowest BCUT2D eigenvalue weighted by Crippen LogP contribution is -2.65. The zero-order valence-corrected chi connectivity index (χ0v) is 12.0. The molecule has 0 bridgehead atoms. The summed E-state index contributed by atoms with van der Waals surface area (Å²) in [6, 6.07) is 0. The lowest BCUT2D eigenvalue weighted by molar-refractivity contribution is -0.157. The molecule has 0 radical (unpaired) electrons. The standard InChI is InChI=1S/C14H22N2O4/c1-4-10-6-7-11(12(18)20-5-2)14(8-10,13(15)19)16-9(3)17/h4,10-11H,1,5-8H2,2-3H3,(H2,15,19)(H,16,17)/t10-,11+,14-/m1/s1. The molecule has 0 heterocycles. The summed E-state index contributed by atoms with van der Waals surface area (Å²) in [5.74, 6) is -2.33. The van der Waals surface area contributed by atoms with E-state index < -0.39 is 29.2 Å². The molecule has 112 valence electrons. The molecule has 6 heteroatoms. The van der Waals surface area contributed by atoms with Crippen LogP contribution in [0.3, 0.4) is 0 Å². The Labute approximate surface area is 118 Å². The number of allylic oxidation sites excluding steroid dienone is 1. The Balaban J connectivity index is 3.16. The molecule has 0 aliphatic heterocycles. The van der Waals surface area contributed by atoms with Crippen LogP contribution < -0.4 is 11.1 Å². The molecule has 3 atom stereocenters. The van der Waals surface area contributed by atoms with Gasteiger partial charge in [-0.2, -0.15) is 0 Å². The van der Waals surface area contributed by atoms with Crippen LogP contribution in [0.4, 0.5) is 0 Å². The molecular weight excluding hydrogens is 260 g/mol. The minimum Gasteiger partial charge on any atom is -0.466 e. The highest BCUT2D eigenvalue weighted by atomic mass is 16.5. The van der Waals surface area contributed by atoms with Crippen LogP contribution in [0.5, 0.6) is 0 Å². The average Bonchev–Trinajstić information content (AvgIpc) is 2.37. The predicted octanol–water partition coefficient (Wildman–Crippen LogP) is 0.512. The summed E-state index contributed by atoms with van der Waals surface area (Å²) in [5.41, 5.74) is 4.10. The fourth-order valence-electron chi connectivity index (χ4n) is 2.83. The first-order valence-electron chi connectivity index (χ1n) is 6.75. The van der Waals surface area contributed by atoms with Gasteiger partial charge in [0.2, 0.25) is 11.8 Å². The molecule has 0 spiro atoms. The van der Waals surface area contributed by atoms with E-state index in [0.717, 1.165) is 0 Å². The van der Waals surface area contributed by atoms with E-state index in [1.165, 1.54) is 6.92 Å². The number of amides is 2. The topological polar surface area (TPSA) is 98.5 Å². The van der Waals surface area contributed by atoms with Crippen LogP contribution >= 0.6 is 0 Å². The van der Waals surface area contributed by atoms with E-state index in [1.807, 2.05) is 0 Å². The van der Waals surface area contributed by atoms with Crippen molar-refractivity contribution in [2.45, 2.75) is 38.6 Å². The number of hydrogen-bond donors (Lipinski definition) is 2. The molecule has 1 rings (SSSR count). The molecule has 3 N–H and O–H groups in total. The summed E-state index contributed by atoms with van der Waals surface area (Å²) in [5, 5.41) is 2.59. The SMILES string of the molecule is C=C[C@@H]1CC[C@@H](C(=O)OCC)[C@@](NC(C)=O)(C(N)=O)C1. The van der Waals surface area contributed by atoms with Crippen molar-refractivity contribution >= 4 is 17.8 Å². The molecular formula is C14H22N2O4. The van der Waals surface area contributed by atoms with Crippen LogP contribution in [0.15, 0.2) is 12.7 Å². The molecule has 0 saturated heterocycles. The van der Waals surface area contributed by atoms with Crippen molar-refractivity contribution in [3.05, 3.63) is 12.7 Å². The van der Waals surface area contributed by atoms with E-state index in [9.17, 15) is 14.4 Å². The number of primary amides is 1. The number of nitrogens with one attached hydrogen (secondary N) is 1. The number of carbonyl (C=O) groups is 3.